The number of amides is 1. The van der Waals surface area contributed by atoms with Crippen LogP contribution >= 0.6 is 11.8 Å². The van der Waals surface area contributed by atoms with Crippen LogP contribution in [0.2, 0.25) is 0 Å². The predicted octanol–water partition coefficient (Wildman–Crippen LogP) is 2.28. The Morgan fingerprint density at radius 1 is 1.35 bits per heavy atom. The summed E-state index contributed by atoms with van der Waals surface area (Å²) in [6.07, 6.45) is 2.79. The number of carboxylic acids is 1. The number of rotatable bonds is 9. The van der Waals surface area contributed by atoms with Gasteiger partial charge in [-0.2, -0.15) is 11.8 Å². The molecule has 4 nitrogen and oxygen atoms in total. The number of carboxylic acid groups (broad SMARTS) is 1. The Morgan fingerprint density at radius 3 is 2.53 bits per heavy atom. The van der Waals surface area contributed by atoms with Gasteiger partial charge in [0.05, 0.1) is 5.75 Å². The lowest BCUT2D eigenvalue weighted by Crippen LogP contribution is -2.44. The lowest BCUT2D eigenvalue weighted by Gasteiger charge is -2.25. The highest BCUT2D eigenvalue weighted by atomic mass is 32.2. The summed E-state index contributed by atoms with van der Waals surface area (Å²) < 4.78 is 0. The van der Waals surface area contributed by atoms with Gasteiger partial charge < -0.3 is 10.4 Å². The Balaban J connectivity index is 3.80. The monoisotopic (exact) mass is 261 g/mol. The Morgan fingerprint density at radius 2 is 2.00 bits per heavy atom. The summed E-state index contributed by atoms with van der Waals surface area (Å²) in [5.41, 5.74) is -0.444. The fourth-order valence-corrected chi connectivity index (χ4v) is 2.20. The molecule has 0 aromatic carbocycles. The van der Waals surface area contributed by atoms with Gasteiger partial charge >= 0.3 is 5.97 Å². The second-order valence-electron chi connectivity index (χ2n) is 4.73. The van der Waals surface area contributed by atoms with Crippen molar-refractivity contribution in [1.29, 1.82) is 0 Å². The van der Waals surface area contributed by atoms with Crippen LogP contribution in [0.5, 0.6) is 0 Å². The molecule has 0 saturated carbocycles. The molecule has 0 atom stereocenters. The van der Waals surface area contributed by atoms with E-state index in [-0.39, 0.29) is 12.3 Å². The van der Waals surface area contributed by atoms with Crippen LogP contribution in [0.25, 0.3) is 0 Å². The maximum atomic E-state index is 11.6. The molecule has 100 valence electrons. The van der Waals surface area contributed by atoms with Gasteiger partial charge in [-0.1, -0.05) is 13.3 Å². The SMILES string of the molecule is CCCCSCC(=O)NC(C)(C)CCC(=O)O. The van der Waals surface area contributed by atoms with E-state index in [1.807, 2.05) is 13.8 Å². The molecule has 0 aliphatic carbocycles. The van der Waals surface area contributed by atoms with E-state index in [2.05, 4.69) is 12.2 Å². The highest BCUT2D eigenvalue weighted by Gasteiger charge is 2.21. The van der Waals surface area contributed by atoms with E-state index in [1.165, 1.54) is 0 Å². The second kappa shape index (κ2) is 8.39. The third-order valence-corrected chi connectivity index (χ3v) is 3.36. The zero-order valence-electron chi connectivity index (χ0n) is 10.9. The van der Waals surface area contributed by atoms with Gasteiger partial charge in [-0.3, -0.25) is 9.59 Å². The molecular weight excluding hydrogens is 238 g/mol. The summed E-state index contributed by atoms with van der Waals surface area (Å²) in [7, 11) is 0. The largest absolute Gasteiger partial charge is 0.481 e. The zero-order valence-corrected chi connectivity index (χ0v) is 11.7. The average Bonchev–Trinajstić information content (AvgIpc) is 2.21. The van der Waals surface area contributed by atoms with Crippen LogP contribution in [0.15, 0.2) is 0 Å². The van der Waals surface area contributed by atoms with Crippen LogP contribution in [0.1, 0.15) is 46.5 Å². The van der Waals surface area contributed by atoms with Crippen LogP contribution in [-0.4, -0.2) is 34.0 Å². The van der Waals surface area contributed by atoms with Gasteiger partial charge in [0.25, 0.3) is 0 Å². The Bertz CT molecular complexity index is 254. The molecule has 0 unspecified atom stereocenters. The predicted molar refractivity (Wildman–Crippen MR) is 71.3 cm³/mol. The molecule has 2 N–H and O–H groups in total. The van der Waals surface area contributed by atoms with Crippen LogP contribution < -0.4 is 5.32 Å². The molecule has 0 bridgehead atoms. The highest BCUT2D eigenvalue weighted by molar-refractivity contribution is 7.99. The maximum Gasteiger partial charge on any atom is 0.303 e. The first-order valence-electron chi connectivity index (χ1n) is 5.98. The van der Waals surface area contributed by atoms with Crippen LogP contribution in [-0.2, 0) is 9.59 Å². The molecule has 0 heterocycles. The second-order valence-corrected chi connectivity index (χ2v) is 5.84. The third kappa shape index (κ3) is 10.2. The van der Waals surface area contributed by atoms with Gasteiger partial charge in [-0.25, -0.2) is 0 Å². The van der Waals surface area contributed by atoms with E-state index in [0.29, 0.717) is 12.2 Å². The smallest absolute Gasteiger partial charge is 0.303 e. The fourth-order valence-electron chi connectivity index (χ4n) is 1.31. The van der Waals surface area contributed by atoms with Crippen molar-refractivity contribution in [3.63, 3.8) is 0 Å². The molecule has 0 fully saturated rings. The van der Waals surface area contributed by atoms with E-state index in [4.69, 9.17) is 5.11 Å². The molecule has 17 heavy (non-hydrogen) atoms. The van der Waals surface area contributed by atoms with Gasteiger partial charge in [0.15, 0.2) is 0 Å². The lowest BCUT2D eigenvalue weighted by molar-refractivity contribution is -0.137. The molecule has 0 aromatic rings. The van der Waals surface area contributed by atoms with Gasteiger partial charge in [0, 0.05) is 12.0 Å². The Hall–Kier alpha value is -0.710. The van der Waals surface area contributed by atoms with Crippen molar-refractivity contribution in [1.82, 2.24) is 5.32 Å². The lowest BCUT2D eigenvalue weighted by atomic mass is 9.98. The standard InChI is InChI=1S/C12H23NO3S/c1-4-5-8-17-9-10(14)13-12(2,3)7-6-11(15)16/h4-9H2,1-3H3,(H,13,14)(H,15,16). The summed E-state index contributed by atoms with van der Waals surface area (Å²) in [6, 6.07) is 0. The fraction of sp³-hybridized carbons (Fsp3) is 0.833. The minimum absolute atomic E-state index is 0.0125. The third-order valence-electron chi connectivity index (χ3n) is 2.32. The summed E-state index contributed by atoms with van der Waals surface area (Å²) in [5.74, 6) is 0.613. The van der Waals surface area contributed by atoms with Crippen molar-refractivity contribution in [2.45, 2.75) is 52.0 Å². The van der Waals surface area contributed by atoms with Crippen LogP contribution in [0.3, 0.4) is 0 Å². The molecule has 0 aliphatic rings. The first-order chi connectivity index (χ1) is 7.87. The van der Waals surface area contributed by atoms with Gasteiger partial charge in [0.1, 0.15) is 0 Å². The van der Waals surface area contributed by atoms with Gasteiger partial charge in [-0.05, 0) is 32.4 Å². The Labute approximate surface area is 108 Å². The highest BCUT2D eigenvalue weighted by Crippen LogP contribution is 2.12. The normalized spacial score (nSPS) is 11.2. The summed E-state index contributed by atoms with van der Waals surface area (Å²) in [4.78, 5) is 22.0. The van der Waals surface area contributed by atoms with Crippen molar-refractivity contribution in [3.05, 3.63) is 0 Å². The average molecular weight is 261 g/mol. The summed E-state index contributed by atoms with van der Waals surface area (Å²) in [6.45, 7) is 5.82. The van der Waals surface area contributed by atoms with Crippen molar-refractivity contribution >= 4 is 23.6 Å². The van der Waals surface area contributed by atoms with Crippen molar-refractivity contribution in [2.75, 3.05) is 11.5 Å². The maximum absolute atomic E-state index is 11.6. The number of unbranched alkanes of at least 4 members (excludes halogenated alkanes) is 1. The number of carbonyl (C=O) groups is 2. The number of hydrogen-bond donors (Lipinski definition) is 2. The van der Waals surface area contributed by atoms with Gasteiger partial charge in [-0.15, -0.1) is 0 Å². The molecular formula is C12H23NO3S. The summed E-state index contributed by atoms with van der Waals surface area (Å²) >= 11 is 1.62. The van der Waals surface area contributed by atoms with Crippen LogP contribution in [0, 0.1) is 0 Å². The number of carbonyl (C=O) groups excluding carboxylic acids is 1. The molecule has 0 spiro atoms. The molecule has 0 rings (SSSR count). The number of hydrogen-bond acceptors (Lipinski definition) is 3. The van der Waals surface area contributed by atoms with Crippen LogP contribution in [0.4, 0.5) is 0 Å². The first kappa shape index (κ1) is 16.3. The van der Waals surface area contributed by atoms with Gasteiger partial charge in [0.2, 0.25) is 5.91 Å². The molecule has 0 saturated heterocycles. The van der Waals surface area contributed by atoms with Crippen molar-refractivity contribution in [3.8, 4) is 0 Å². The Kier molecular flexibility index (Phi) is 8.04. The zero-order chi connectivity index (χ0) is 13.3. The van der Waals surface area contributed by atoms with E-state index in [9.17, 15) is 9.59 Å². The molecule has 5 heteroatoms. The van der Waals surface area contributed by atoms with Crippen molar-refractivity contribution < 1.29 is 14.7 Å². The molecule has 0 aromatic heterocycles. The van der Waals surface area contributed by atoms with E-state index in [1.54, 1.807) is 11.8 Å². The topological polar surface area (TPSA) is 66.4 Å². The quantitative estimate of drug-likeness (QED) is 0.625. The van der Waals surface area contributed by atoms with Crippen molar-refractivity contribution in [2.24, 2.45) is 0 Å². The first-order valence-corrected chi connectivity index (χ1v) is 7.13. The molecule has 0 aliphatic heterocycles. The number of nitrogens with one attached hydrogen (secondary N) is 1. The minimum Gasteiger partial charge on any atom is -0.481 e. The van der Waals surface area contributed by atoms with E-state index in [0.717, 1.165) is 18.6 Å². The van der Waals surface area contributed by atoms with E-state index < -0.39 is 11.5 Å². The van der Waals surface area contributed by atoms with E-state index >= 15 is 0 Å². The molecule has 1 amide bonds. The number of aliphatic carboxylic acids is 1. The number of thioether (sulfide) groups is 1. The molecule has 0 radical (unpaired) electrons. The summed E-state index contributed by atoms with van der Waals surface area (Å²) in [5, 5.41) is 11.5. The minimum atomic E-state index is -0.829.